The average molecular weight is 393 g/mol. The number of nitrogens with one attached hydrogen (secondary N) is 1. The summed E-state index contributed by atoms with van der Waals surface area (Å²) in [4.78, 5) is 23.8. The Morgan fingerprint density at radius 1 is 1.25 bits per heavy atom. The molecule has 24 heavy (non-hydrogen) atoms. The second-order valence-electron chi connectivity index (χ2n) is 5.26. The molecule has 0 aliphatic rings. The van der Waals surface area contributed by atoms with Crippen molar-refractivity contribution in [3.63, 3.8) is 0 Å². The van der Waals surface area contributed by atoms with Gasteiger partial charge in [0.25, 0.3) is 0 Å². The van der Waals surface area contributed by atoms with E-state index in [-0.39, 0.29) is 18.1 Å². The van der Waals surface area contributed by atoms with E-state index in [0.717, 1.165) is 0 Å². The topological polar surface area (TPSA) is 64.2 Å². The molecule has 1 N–H and O–H groups in total. The van der Waals surface area contributed by atoms with Gasteiger partial charge in [0.1, 0.15) is 5.82 Å². The number of benzene rings is 2. The van der Waals surface area contributed by atoms with Crippen LogP contribution in [0.3, 0.4) is 0 Å². The Hall–Kier alpha value is -2.41. The normalized spacial score (nSPS) is 10.9. The van der Waals surface area contributed by atoms with Crippen LogP contribution in [0.4, 0.5) is 10.1 Å². The predicted octanol–water partition coefficient (Wildman–Crippen LogP) is 3.92. The highest BCUT2D eigenvalue weighted by Gasteiger charge is 2.10. The first-order valence-electron chi connectivity index (χ1n) is 7.38. The van der Waals surface area contributed by atoms with E-state index in [1.165, 1.54) is 22.8 Å². The third-order valence-electron chi connectivity index (χ3n) is 3.56. The predicted molar refractivity (Wildman–Crippen MR) is 92.4 cm³/mol. The second kappa shape index (κ2) is 7.00. The number of carbonyl (C=O) groups excluding carboxylic acids is 1. The summed E-state index contributed by atoms with van der Waals surface area (Å²) in [6.07, 6.45) is 0.712. The average Bonchev–Trinajstić information content (AvgIpc) is 2.86. The summed E-state index contributed by atoms with van der Waals surface area (Å²) in [6, 6.07) is 11.2. The minimum absolute atomic E-state index is 0.205. The number of hydrogen-bond acceptors (Lipinski definition) is 3. The maximum atomic E-state index is 13.0. The summed E-state index contributed by atoms with van der Waals surface area (Å²) in [5, 5.41) is 2.71. The number of nitrogens with zero attached hydrogens (tertiary/aromatic N) is 1. The van der Waals surface area contributed by atoms with Crippen LogP contribution >= 0.6 is 15.9 Å². The van der Waals surface area contributed by atoms with Crippen LogP contribution in [0.1, 0.15) is 12.8 Å². The third-order valence-corrected chi connectivity index (χ3v) is 4.22. The largest absolute Gasteiger partial charge is 0.419 e. The van der Waals surface area contributed by atoms with Crippen LogP contribution in [0.15, 0.2) is 56.1 Å². The lowest BCUT2D eigenvalue weighted by Gasteiger charge is -2.07. The highest BCUT2D eigenvalue weighted by atomic mass is 79.9. The maximum absolute atomic E-state index is 13.0. The third kappa shape index (κ3) is 3.56. The maximum Gasteiger partial charge on any atom is 0.419 e. The van der Waals surface area contributed by atoms with Gasteiger partial charge in [0.05, 0.1) is 11.2 Å². The Kier molecular flexibility index (Phi) is 4.80. The molecule has 0 saturated heterocycles. The van der Waals surface area contributed by atoms with Gasteiger partial charge >= 0.3 is 5.76 Å². The lowest BCUT2D eigenvalue weighted by atomic mass is 10.2. The Bertz CT molecular complexity index is 948. The van der Waals surface area contributed by atoms with Gasteiger partial charge in [0, 0.05) is 17.4 Å². The molecule has 7 heteroatoms. The quantitative estimate of drug-likeness (QED) is 0.715. The lowest BCUT2D eigenvalue weighted by molar-refractivity contribution is -0.116. The number of carbonyl (C=O) groups is 1. The molecular weight excluding hydrogens is 379 g/mol. The summed E-state index contributed by atoms with van der Waals surface area (Å²) in [7, 11) is 0. The standard InChI is InChI=1S/C17H14BrFN2O3/c18-12-10-11(19)7-8-13(12)20-16(22)6-3-9-21-14-4-1-2-5-15(14)24-17(21)23/h1-2,4-5,7-8,10H,3,6,9H2,(H,20,22). The molecule has 0 bridgehead atoms. The number of halogens is 2. The monoisotopic (exact) mass is 392 g/mol. The van der Waals surface area contributed by atoms with Crippen molar-refractivity contribution >= 4 is 38.6 Å². The number of hydrogen-bond donors (Lipinski definition) is 1. The van der Waals surface area contributed by atoms with E-state index in [9.17, 15) is 14.0 Å². The SMILES string of the molecule is O=C(CCCn1c(=O)oc2ccccc21)Nc1ccc(F)cc1Br. The van der Waals surface area contributed by atoms with Crippen LogP contribution in [0, 0.1) is 5.82 Å². The number of fused-ring (bicyclic) bond motifs is 1. The molecule has 3 rings (SSSR count). The second-order valence-corrected chi connectivity index (χ2v) is 6.12. The van der Waals surface area contributed by atoms with Crippen LogP contribution in [0.2, 0.25) is 0 Å². The zero-order valence-electron chi connectivity index (χ0n) is 12.6. The summed E-state index contributed by atoms with van der Waals surface area (Å²) in [5.74, 6) is -1.02. The number of para-hydroxylation sites is 2. The summed E-state index contributed by atoms with van der Waals surface area (Å²) in [6.45, 7) is 0.383. The van der Waals surface area contributed by atoms with Gasteiger partial charge < -0.3 is 9.73 Å². The van der Waals surface area contributed by atoms with Crippen molar-refractivity contribution in [2.75, 3.05) is 5.32 Å². The molecule has 0 aliphatic heterocycles. The molecule has 2 aromatic carbocycles. The van der Waals surface area contributed by atoms with Gasteiger partial charge in [-0.2, -0.15) is 0 Å². The highest BCUT2D eigenvalue weighted by Crippen LogP contribution is 2.23. The van der Waals surface area contributed by atoms with Gasteiger partial charge in [-0.25, -0.2) is 9.18 Å². The van der Waals surface area contributed by atoms with Gasteiger partial charge in [-0.3, -0.25) is 9.36 Å². The Morgan fingerprint density at radius 3 is 2.83 bits per heavy atom. The number of rotatable bonds is 5. The first kappa shape index (κ1) is 16.4. The molecule has 0 unspecified atom stereocenters. The molecule has 5 nitrogen and oxygen atoms in total. The molecule has 3 aromatic rings. The van der Waals surface area contributed by atoms with Crippen molar-refractivity contribution in [2.24, 2.45) is 0 Å². The molecule has 0 radical (unpaired) electrons. The van der Waals surface area contributed by atoms with Gasteiger partial charge in [-0.1, -0.05) is 12.1 Å². The van der Waals surface area contributed by atoms with Crippen molar-refractivity contribution in [1.29, 1.82) is 0 Å². The molecule has 0 aliphatic carbocycles. The van der Waals surface area contributed by atoms with Gasteiger partial charge in [0.15, 0.2) is 5.58 Å². The Balaban J connectivity index is 1.60. The minimum atomic E-state index is -0.433. The summed E-state index contributed by atoms with van der Waals surface area (Å²) >= 11 is 3.20. The van der Waals surface area contributed by atoms with E-state index in [0.29, 0.717) is 34.2 Å². The summed E-state index contributed by atoms with van der Waals surface area (Å²) in [5.41, 5.74) is 1.75. The van der Waals surface area contributed by atoms with Crippen LogP contribution in [0.5, 0.6) is 0 Å². The van der Waals surface area contributed by atoms with Crippen molar-refractivity contribution in [3.8, 4) is 0 Å². The lowest BCUT2D eigenvalue weighted by Crippen LogP contribution is -2.17. The first-order valence-corrected chi connectivity index (χ1v) is 8.17. The molecule has 0 spiro atoms. The zero-order chi connectivity index (χ0) is 17.1. The van der Waals surface area contributed by atoms with Crippen LogP contribution in [0.25, 0.3) is 11.1 Å². The molecule has 1 heterocycles. The van der Waals surface area contributed by atoms with Crippen molar-refractivity contribution < 1.29 is 13.6 Å². The molecule has 1 amide bonds. The van der Waals surface area contributed by atoms with E-state index in [1.54, 1.807) is 18.2 Å². The van der Waals surface area contributed by atoms with Crippen molar-refractivity contribution in [2.45, 2.75) is 19.4 Å². The van der Waals surface area contributed by atoms with Crippen molar-refractivity contribution in [3.05, 3.63) is 63.3 Å². The number of anilines is 1. The van der Waals surface area contributed by atoms with Crippen LogP contribution in [-0.4, -0.2) is 10.5 Å². The van der Waals surface area contributed by atoms with Crippen LogP contribution < -0.4 is 11.1 Å². The first-order chi connectivity index (χ1) is 11.5. The van der Waals surface area contributed by atoms with Crippen LogP contribution in [-0.2, 0) is 11.3 Å². The molecule has 1 aromatic heterocycles. The number of aryl methyl sites for hydroxylation is 1. The van der Waals surface area contributed by atoms with E-state index in [2.05, 4.69) is 21.2 Å². The fourth-order valence-corrected chi connectivity index (χ4v) is 2.88. The molecule has 124 valence electrons. The van der Waals surface area contributed by atoms with Gasteiger partial charge in [0.2, 0.25) is 5.91 Å². The fraction of sp³-hybridized carbons (Fsp3) is 0.176. The molecular formula is C17H14BrFN2O3. The van der Waals surface area contributed by atoms with E-state index >= 15 is 0 Å². The van der Waals surface area contributed by atoms with E-state index in [1.807, 2.05) is 6.07 Å². The highest BCUT2D eigenvalue weighted by molar-refractivity contribution is 9.10. The van der Waals surface area contributed by atoms with E-state index in [4.69, 9.17) is 4.42 Å². The fourth-order valence-electron chi connectivity index (χ4n) is 2.43. The number of amides is 1. The van der Waals surface area contributed by atoms with Gasteiger partial charge in [-0.05, 0) is 52.7 Å². The minimum Gasteiger partial charge on any atom is -0.408 e. The number of oxazole rings is 1. The summed E-state index contributed by atoms with van der Waals surface area (Å²) < 4.78 is 20.2. The molecule has 0 fully saturated rings. The zero-order valence-corrected chi connectivity index (χ0v) is 14.2. The van der Waals surface area contributed by atoms with Crippen molar-refractivity contribution in [1.82, 2.24) is 4.57 Å². The van der Waals surface area contributed by atoms with E-state index < -0.39 is 5.76 Å². The van der Waals surface area contributed by atoms with Gasteiger partial charge in [-0.15, -0.1) is 0 Å². The smallest absolute Gasteiger partial charge is 0.408 e. The molecule has 0 saturated carbocycles. The Labute approximate surface area is 145 Å². The Morgan fingerprint density at radius 2 is 2.04 bits per heavy atom. The number of aromatic nitrogens is 1. The molecule has 0 atom stereocenters.